The molecule has 4 nitrogen and oxygen atoms in total. The molecule has 2 rings (SSSR count). The van der Waals surface area contributed by atoms with Crippen LogP contribution in [-0.4, -0.2) is 26.2 Å². The Balaban J connectivity index is 2.05. The van der Waals surface area contributed by atoms with Crippen LogP contribution in [0.2, 0.25) is 0 Å². The molecule has 0 saturated carbocycles. The molecule has 0 radical (unpaired) electrons. The SMILES string of the molecule is CCOC(=O)/C(=C/c1ccc(OC)cc1)CNCc1ccccc1. The molecule has 0 amide bonds. The molecule has 0 spiro atoms. The number of nitrogens with one attached hydrogen (secondary N) is 1. The zero-order chi connectivity index (χ0) is 17.2. The molecule has 0 saturated heterocycles. The van der Waals surface area contributed by atoms with Crippen LogP contribution in [0.25, 0.3) is 6.08 Å². The van der Waals surface area contributed by atoms with Crippen LogP contribution in [0.3, 0.4) is 0 Å². The first-order chi connectivity index (χ1) is 11.7. The lowest BCUT2D eigenvalue weighted by Crippen LogP contribution is -2.22. The van der Waals surface area contributed by atoms with Crippen molar-refractivity contribution in [3.8, 4) is 5.75 Å². The van der Waals surface area contributed by atoms with E-state index in [1.165, 1.54) is 5.56 Å². The topological polar surface area (TPSA) is 47.6 Å². The van der Waals surface area contributed by atoms with Crippen molar-refractivity contribution in [3.63, 3.8) is 0 Å². The third-order valence-corrected chi connectivity index (χ3v) is 3.48. The van der Waals surface area contributed by atoms with Crippen molar-refractivity contribution in [1.82, 2.24) is 5.32 Å². The first-order valence-electron chi connectivity index (χ1n) is 7.99. The summed E-state index contributed by atoms with van der Waals surface area (Å²) in [4.78, 5) is 12.2. The summed E-state index contributed by atoms with van der Waals surface area (Å²) in [6.45, 7) is 3.30. The van der Waals surface area contributed by atoms with Crippen molar-refractivity contribution < 1.29 is 14.3 Å². The van der Waals surface area contributed by atoms with Crippen LogP contribution in [-0.2, 0) is 16.1 Å². The van der Waals surface area contributed by atoms with Gasteiger partial charge in [0.2, 0.25) is 0 Å². The fraction of sp³-hybridized carbons (Fsp3) is 0.250. The minimum absolute atomic E-state index is 0.297. The highest BCUT2D eigenvalue weighted by Crippen LogP contribution is 2.14. The number of esters is 1. The van der Waals surface area contributed by atoms with Gasteiger partial charge in [-0.1, -0.05) is 42.5 Å². The molecule has 0 atom stereocenters. The van der Waals surface area contributed by atoms with Crippen molar-refractivity contribution in [2.75, 3.05) is 20.3 Å². The Bertz CT molecular complexity index is 663. The van der Waals surface area contributed by atoms with Gasteiger partial charge in [-0.15, -0.1) is 0 Å². The molecule has 1 N–H and O–H groups in total. The zero-order valence-corrected chi connectivity index (χ0v) is 14.1. The second-order valence-electron chi connectivity index (χ2n) is 5.25. The first kappa shape index (κ1) is 17.8. The molecule has 0 heterocycles. The maximum absolute atomic E-state index is 12.2. The highest BCUT2D eigenvalue weighted by Gasteiger charge is 2.10. The van der Waals surface area contributed by atoms with Gasteiger partial charge in [-0.2, -0.15) is 0 Å². The maximum atomic E-state index is 12.2. The number of carbonyl (C=O) groups is 1. The number of hydrogen-bond donors (Lipinski definition) is 1. The summed E-state index contributed by atoms with van der Waals surface area (Å²) in [6.07, 6.45) is 1.84. The minimum atomic E-state index is -0.297. The molecule has 2 aromatic carbocycles. The van der Waals surface area contributed by atoms with Crippen LogP contribution < -0.4 is 10.1 Å². The largest absolute Gasteiger partial charge is 0.497 e. The monoisotopic (exact) mass is 325 g/mol. The van der Waals surface area contributed by atoms with E-state index in [4.69, 9.17) is 9.47 Å². The van der Waals surface area contributed by atoms with Crippen molar-refractivity contribution in [2.45, 2.75) is 13.5 Å². The van der Waals surface area contributed by atoms with E-state index in [0.717, 1.165) is 11.3 Å². The van der Waals surface area contributed by atoms with Gasteiger partial charge in [0.25, 0.3) is 0 Å². The smallest absolute Gasteiger partial charge is 0.335 e. The van der Waals surface area contributed by atoms with Gasteiger partial charge in [0.05, 0.1) is 19.3 Å². The van der Waals surface area contributed by atoms with E-state index < -0.39 is 0 Å². The molecule has 4 heteroatoms. The van der Waals surface area contributed by atoms with E-state index >= 15 is 0 Å². The first-order valence-corrected chi connectivity index (χ1v) is 7.99. The predicted octanol–water partition coefficient (Wildman–Crippen LogP) is 3.43. The van der Waals surface area contributed by atoms with E-state index in [0.29, 0.717) is 25.3 Å². The fourth-order valence-corrected chi connectivity index (χ4v) is 2.24. The van der Waals surface area contributed by atoms with E-state index in [-0.39, 0.29) is 5.97 Å². The summed E-state index contributed by atoms with van der Waals surface area (Å²) < 4.78 is 10.3. The van der Waals surface area contributed by atoms with Crippen LogP contribution in [0.5, 0.6) is 5.75 Å². The normalized spacial score (nSPS) is 11.2. The van der Waals surface area contributed by atoms with Crippen molar-refractivity contribution in [3.05, 3.63) is 71.3 Å². The highest BCUT2D eigenvalue weighted by molar-refractivity contribution is 5.94. The lowest BCUT2D eigenvalue weighted by molar-refractivity contribution is -0.138. The lowest BCUT2D eigenvalue weighted by Gasteiger charge is -2.09. The van der Waals surface area contributed by atoms with Crippen LogP contribution in [0, 0.1) is 0 Å². The molecular formula is C20H23NO3. The molecule has 24 heavy (non-hydrogen) atoms. The van der Waals surface area contributed by atoms with E-state index in [9.17, 15) is 4.79 Å². The summed E-state index contributed by atoms with van der Waals surface area (Å²) in [6, 6.07) is 17.6. The zero-order valence-electron chi connectivity index (χ0n) is 14.1. The average molecular weight is 325 g/mol. The molecular weight excluding hydrogens is 302 g/mol. The maximum Gasteiger partial charge on any atom is 0.335 e. The number of carbonyl (C=O) groups excluding carboxylic acids is 1. The summed E-state index contributed by atoms with van der Waals surface area (Å²) in [7, 11) is 1.63. The summed E-state index contributed by atoms with van der Waals surface area (Å²) in [5, 5.41) is 3.29. The van der Waals surface area contributed by atoms with Crippen molar-refractivity contribution in [1.29, 1.82) is 0 Å². The van der Waals surface area contributed by atoms with E-state index in [2.05, 4.69) is 5.32 Å². The summed E-state index contributed by atoms with van der Waals surface area (Å²) in [5.74, 6) is 0.487. The van der Waals surface area contributed by atoms with Crippen LogP contribution >= 0.6 is 0 Å². The van der Waals surface area contributed by atoms with Crippen LogP contribution in [0.1, 0.15) is 18.1 Å². The number of benzene rings is 2. The predicted molar refractivity (Wildman–Crippen MR) is 95.8 cm³/mol. The Morgan fingerprint density at radius 3 is 2.42 bits per heavy atom. The minimum Gasteiger partial charge on any atom is -0.497 e. The molecule has 0 fully saturated rings. The number of rotatable bonds is 8. The Kier molecular flexibility index (Phi) is 7.05. The van der Waals surface area contributed by atoms with Gasteiger partial charge >= 0.3 is 5.97 Å². The van der Waals surface area contributed by atoms with Gasteiger partial charge in [0.1, 0.15) is 5.75 Å². The molecule has 0 aliphatic carbocycles. The molecule has 0 aromatic heterocycles. The second kappa shape index (κ2) is 9.53. The Labute approximate surface area is 143 Å². The van der Waals surface area contributed by atoms with Crippen LogP contribution in [0.4, 0.5) is 0 Å². The van der Waals surface area contributed by atoms with Crippen molar-refractivity contribution in [2.24, 2.45) is 0 Å². The molecule has 0 unspecified atom stereocenters. The third kappa shape index (κ3) is 5.56. The Morgan fingerprint density at radius 1 is 1.08 bits per heavy atom. The average Bonchev–Trinajstić information content (AvgIpc) is 2.62. The standard InChI is InChI=1S/C20H23NO3/c1-3-24-20(22)18(13-16-9-11-19(23-2)12-10-16)15-21-14-17-7-5-4-6-8-17/h4-13,21H,3,14-15H2,1-2H3/b18-13+. The number of ether oxygens (including phenoxy) is 2. The van der Waals surface area contributed by atoms with Gasteiger partial charge in [-0.25, -0.2) is 4.79 Å². The van der Waals surface area contributed by atoms with Crippen LogP contribution in [0.15, 0.2) is 60.2 Å². The summed E-state index contributed by atoms with van der Waals surface area (Å²) >= 11 is 0. The summed E-state index contributed by atoms with van der Waals surface area (Å²) in [5.41, 5.74) is 2.70. The van der Waals surface area contributed by atoms with Gasteiger partial charge < -0.3 is 14.8 Å². The van der Waals surface area contributed by atoms with Gasteiger partial charge in [-0.3, -0.25) is 0 Å². The van der Waals surface area contributed by atoms with Crippen molar-refractivity contribution >= 4 is 12.0 Å². The number of methoxy groups -OCH3 is 1. The number of hydrogen-bond acceptors (Lipinski definition) is 4. The van der Waals surface area contributed by atoms with Gasteiger partial charge in [0, 0.05) is 13.1 Å². The third-order valence-electron chi connectivity index (χ3n) is 3.48. The van der Waals surface area contributed by atoms with E-state index in [1.54, 1.807) is 14.0 Å². The molecule has 0 bridgehead atoms. The Hall–Kier alpha value is -2.59. The molecule has 0 aliphatic rings. The highest BCUT2D eigenvalue weighted by atomic mass is 16.5. The quantitative estimate of drug-likeness (QED) is 0.597. The lowest BCUT2D eigenvalue weighted by atomic mass is 10.1. The van der Waals surface area contributed by atoms with Gasteiger partial charge in [0.15, 0.2) is 0 Å². The molecule has 2 aromatic rings. The Morgan fingerprint density at radius 2 is 1.79 bits per heavy atom. The molecule has 0 aliphatic heterocycles. The van der Waals surface area contributed by atoms with E-state index in [1.807, 2.05) is 60.7 Å². The second-order valence-corrected chi connectivity index (χ2v) is 5.25. The van der Waals surface area contributed by atoms with Gasteiger partial charge in [-0.05, 0) is 36.3 Å². The molecule has 126 valence electrons. The fourth-order valence-electron chi connectivity index (χ4n) is 2.24.